The van der Waals surface area contributed by atoms with Gasteiger partial charge in [0.15, 0.2) is 0 Å². The van der Waals surface area contributed by atoms with Crippen LogP contribution in [0.1, 0.15) is 44.6 Å². The topological polar surface area (TPSA) is 46.3 Å². The lowest BCUT2D eigenvalue weighted by molar-refractivity contribution is -0.132. The molecule has 0 saturated heterocycles. The lowest BCUT2D eigenvalue weighted by Crippen LogP contribution is -2.33. The van der Waals surface area contributed by atoms with Crippen molar-refractivity contribution < 1.29 is 13.6 Å². The third kappa shape index (κ3) is 4.77. The summed E-state index contributed by atoms with van der Waals surface area (Å²) >= 11 is 0. The van der Waals surface area contributed by atoms with Gasteiger partial charge in [-0.25, -0.2) is 8.78 Å². The van der Waals surface area contributed by atoms with Gasteiger partial charge in [0, 0.05) is 36.7 Å². The van der Waals surface area contributed by atoms with Crippen molar-refractivity contribution in [3.05, 3.63) is 35.4 Å². The highest BCUT2D eigenvalue weighted by molar-refractivity contribution is 5.76. The van der Waals surface area contributed by atoms with Crippen molar-refractivity contribution in [2.75, 3.05) is 0 Å². The van der Waals surface area contributed by atoms with Crippen molar-refractivity contribution in [1.29, 1.82) is 0 Å². The van der Waals surface area contributed by atoms with E-state index in [-0.39, 0.29) is 24.5 Å². The van der Waals surface area contributed by atoms with Crippen molar-refractivity contribution in [1.82, 2.24) is 4.90 Å². The van der Waals surface area contributed by atoms with Gasteiger partial charge >= 0.3 is 0 Å². The highest BCUT2D eigenvalue weighted by Crippen LogP contribution is 2.29. The Kier molecular flexibility index (Phi) is 5.28. The molecule has 0 spiro atoms. The van der Waals surface area contributed by atoms with E-state index in [0.29, 0.717) is 12.0 Å². The van der Waals surface area contributed by atoms with E-state index in [0.717, 1.165) is 31.7 Å². The third-order valence-corrected chi connectivity index (χ3v) is 3.71. The van der Waals surface area contributed by atoms with Gasteiger partial charge in [-0.3, -0.25) is 4.79 Å². The fraction of sp³-hybridized carbons (Fsp3) is 0.562. The number of nitrogens with two attached hydrogens (primary N) is 1. The minimum absolute atomic E-state index is 0.0295. The SMILES string of the molecule is CC(N)CCCC(=O)N(Cc1ccc(F)cc1F)C1CC1. The van der Waals surface area contributed by atoms with E-state index in [9.17, 15) is 13.6 Å². The number of hydrogen-bond donors (Lipinski definition) is 1. The highest BCUT2D eigenvalue weighted by atomic mass is 19.1. The van der Waals surface area contributed by atoms with Gasteiger partial charge in [-0.15, -0.1) is 0 Å². The first-order chi connectivity index (χ1) is 9.97. The van der Waals surface area contributed by atoms with Crippen LogP contribution in [0.2, 0.25) is 0 Å². The van der Waals surface area contributed by atoms with Crippen LogP contribution in [0.3, 0.4) is 0 Å². The van der Waals surface area contributed by atoms with Crippen LogP contribution in [0, 0.1) is 11.6 Å². The molecule has 1 unspecified atom stereocenters. The Hall–Kier alpha value is -1.49. The number of carbonyl (C=O) groups excluding carboxylic acids is 1. The predicted molar refractivity (Wildman–Crippen MR) is 77.4 cm³/mol. The summed E-state index contributed by atoms with van der Waals surface area (Å²) < 4.78 is 26.6. The average Bonchev–Trinajstić information content (AvgIpc) is 3.21. The van der Waals surface area contributed by atoms with Crippen LogP contribution in [0.25, 0.3) is 0 Å². The van der Waals surface area contributed by atoms with Gasteiger partial charge in [-0.05, 0) is 38.7 Å². The van der Waals surface area contributed by atoms with Crippen molar-refractivity contribution >= 4 is 5.91 Å². The summed E-state index contributed by atoms with van der Waals surface area (Å²) in [4.78, 5) is 14.0. The van der Waals surface area contributed by atoms with Crippen LogP contribution in [0.4, 0.5) is 8.78 Å². The van der Waals surface area contributed by atoms with Crippen molar-refractivity contribution in [2.45, 2.75) is 57.7 Å². The maximum absolute atomic E-state index is 13.7. The monoisotopic (exact) mass is 296 g/mol. The first kappa shape index (κ1) is 15.9. The maximum atomic E-state index is 13.7. The van der Waals surface area contributed by atoms with Crippen molar-refractivity contribution in [3.63, 3.8) is 0 Å². The van der Waals surface area contributed by atoms with E-state index in [2.05, 4.69) is 0 Å². The van der Waals surface area contributed by atoms with Crippen LogP contribution >= 0.6 is 0 Å². The number of hydrogen-bond acceptors (Lipinski definition) is 2. The molecule has 1 fully saturated rings. The van der Waals surface area contributed by atoms with Crippen LogP contribution < -0.4 is 5.73 Å². The molecule has 1 aromatic carbocycles. The lowest BCUT2D eigenvalue weighted by atomic mass is 10.1. The number of halogens is 2. The Balaban J connectivity index is 1.97. The Morgan fingerprint density at radius 1 is 1.43 bits per heavy atom. The zero-order valence-corrected chi connectivity index (χ0v) is 12.3. The predicted octanol–water partition coefficient (Wildman–Crippen LogP) is 2.97. The first-order valence-electron chi connectivity index (χ1n) is 7.46. The smallest absolute Gasteiger partial charge is 0.223 e. The molecule has 5 heteroatoms. The summed E-state index contributed by atoms with van der Waals surface area (Å²) in [5.74, 6) is -1.16. The molecule has 0 heterocycles. The number of nitrogens with zero attached hydrogens (tertiary/aromatic N) is 1. The minimum Gasteiger partial charge on any atom is -0.335 e. The largest absolute Gasteiger partial charge is 0.335 e. The maximum Gasteiger partial charge on any atom is 0.223 e. The molecule has 21 heavy (non-hydrogen) atoms. The van der Waals surface area contributed by atoms with Gasteiger partial charge < -0.3 is 10.6 Å². The molecule has 116 valence electrons. The Morgan fingerprint density at radius 2 is 2.14 bits per heavy atom. The first-order valence-corrected chi connectivity index (χ1v) is 7.46. The summed E-state index contributed by atoms with van der Waals surface area (Å²) in [6.07, 6.45) is 3.89. The lowest BCUT2D eigenvalue weighted by Gasteiger charge is -2.23. The minimum atomic E-state index is -0.600. The number of carbonyl (C=O) groups is 1. The second-order valence-electron chi connectivity index (χ2n) is 5.86. The van der Waals surface area contributed by atoms with Gasteiger partial charge in [-0.2, -0.15) is 0 Å². The standard InChI is InChI=1S/C16H22F2N2O/c1-11(19)3-2-4-16(21)20(14-7-8-14)10-12-5-6-13(17)9-15(12)18/h5-6,9,11,14H,2-4,7-8,10,19H2,1H3. The average molecular weight is 296 g/mol. The Bertz CT molecular complexity index is 501. The van der Waals surface area contributed by atoms with Gasteiger partial charge in [-0.1, -0.05) is 6.07 Å². The second-order valence-corrected chi connectivity index (χ2v) is 5.86. The number of amides is 1. The molecule has 0 aromatic heterocycles. The van der Waals surface area contributed by atoms with Gasteiger partial charge in [0.1, 0.15) is 11.6 Å². The van der Waals surface area contributed by atoms with Crippen LogP contribution in [-0.4, -0.2) is 22.9 Å². The molecule has 3 nitrogen and oxygen atoms in total. The van der Waals surface area contributed by atoms with Gasteiger partial charge in [0.05, 0.1) is 0 Å². The van der Waals surface area contributed by atoms with E-state index in [1.807, 2.05) is 6.92 Å². The molecule has 1 saturated carbocycles. The molecule has 0 radical (unpaired) electrons. The molecule has 1 amide bonds. The van der Waals surface area contributed by atoms with Crippen LogP contribution in [0.15, 0.2) is 18.2 Å². The van der Waals surface area contributed by atoms with Crippen LogP contribution in [-0.2, 0) is 11.3 Å². The quantitative estimate of drug-likeness (QED) is 0.841. The summed E-state index contributed by atoms with van der Waals surface area (Å²) in [5, 5.41) is 0. The third-order valence-electron chi connectivity index (χ3n) is 3.71. The summed E-state index contributed by atoms with van der Waals surface area (Å²) in [7, 11) is 0. The molecule has 0 aliphatic heterocycles. The summed E-state index contributed by atoms with van der Waals surface area (Å²) in [6.45, 7) is 2.13. The molecule has 2 N–H and O–H groups in total. The van der Waals surface area contributed by atoms with Crippen molar-refractivity contribution in [3.8, 4) is 0 Å². The molecule has 1 aliphatic rings. The molecule has 1 aromatic rings. The zero-order chi connectivity index (χ0) is 15.4. The molecule has 0 bridgehead atoms. The molecule has 2 rings (SSSR count). The van der Waals surface area contributed by atoms with Gasteiger partial charge in [0.2, 0.25) is 5.91 Å². The van der Waals surface area contributed by atoms with Crippen LogP contribution in [0.5, 0.6) is 0 Å². The Morgan fingerprint density at radius 3 is 2.71 bits per heavy atom. The van der Waals surface area contributed by atoms with Gasteiger partial charge in [0.25, 0.3) is 0 Å². The molecular weight excluding hydrogens is 274 g/mol. The summed E-state index contributed by atoms with van der Waals surface area (Å²) in [6, 6.07) is 3.79. The second kappa shape index (κ2) is 6.98. The zero-order valence-electron chi connectivity index (χ0n) is 12.3. The van der Waals surface area contributed by atoms with E-state index >= 15 is 0 Å². The number of rotatable bonds is 7. The molecule has 1 atom stereocenters. The molecular formula is C16H22F2N2O. The fourth-order valence-electron chi connectivity index (χ4n) is 2.36. The fourth-order valence-corrected chi connectivity index (χ4v) is 2.36. The summed E-state index contributed by atoms with van der Waals surface area (Å²) in [5.41, 5.74) is 6.04. The molecule has 1 aliphatic carbocycles. The van der Waals surface area contributed by atoms with E-state index < -0.39 is 11.6 Å². The van der Waals surface area contributed by atoms with E-state index in [4.69, 9.17) is 5.73 Å². The Labute approximate surface area is 124 Å². The van der Waals surface area contributed by atoms with E-state index in [1.54, 1.807) is 4.90 Å². The highest BCUT2D eigenvalue weighted by Gasteiger charge is 2.32. The normalized spacial score (nSPS) is 15.8. The number of benzene rings is 1. The van der Waals surface area contributed by atoms with E-state index in [1.165, 1.54) is 12.1 Å². The van der Waals surface area contributed by atoms with Crippen molar-refractivity contribution in [2.24, 2.45) is 5.73 Å².